The van der Waals surface area contributed by atoms with Gasteiger partial charge in [0.1, 0.15) is 5.76 Å². The first-order valence-corrected chi connectivity index (χ1v) is 8.98. The monoisotopic (exact) mass is 363 g/mol. The molecule has 0 unspecified atom stereocenters. The maximum atomic E-state index is 12.9. The maximum Gasteiger partial charge on any atom is 0.251 e. The van der Waals surface area contributed by atoms with Gasteiger partial charge in [-0.05, 0) is 62.6 Å². The van der Waals surface area contributed by atoms with Crippen molar-refractivity contribution >= 4 is 11.6 Å². The summed E-state index contributed by atoms with van der Waals surface area (Å²) in [5.74, 6) is 0.728. The Labute approximate surface area is 159 Å². The van der Waals surface area contributed by atoms with Crippen LogP contribution in [-0.4, -0.2) is 17.9 Å². The Bertz CT molecular complexity index is 952. The molecule has 0 spiro atoms. The van der Waals surface area contributed by atoms with Crippen molar-refractivity contribution in [3.63, 3.8) is 0 Å². The third kappa shape index (κ3) is 3.87. The van der Waals surface area contributed by atoms with Gasteiger partial charge in [0.05, 0.1) is 6.26 Å². The Balaban J connectivity index is 1.92. The van der Waals surface area contributed by atoms with E-state index < -0.39 is 0 Å². The second-order valence-corrected chi connectivity index (χ2v) is 6.77. The van der Waals surface area contributed by atoms with Crippen LogP contribution in [0.4, 0.5) is 5.69 Å². The number of hydrogen-bond donors (Lipinski definition) is 2. The molecule has 0 atom stereocenters. The van der Waals surface area contributed by atoms with Crippen molar-refractivity contribution in [1.29, 1.82) is 0 Å². The van der Waals surface area contributed by atoms with Crippen molar-refractivity contribution in [2.24, 2.45) is 0 Å². The first-order chi connectivity index (χ1) is 12.9. The number of hydrogen-bond acceptors (Lipinski definition) is 4. The van der Waals surface area contributed by atoms with Gasteiger partial charge >= 0.3 is 0 Å². The Morgan fingerprint density at radius 2 is 1.89 bits per heavy atom. The lowest BCUT2D eigenvalue weighted by molar-refractivity contribution is 0.0950. The minimum Gasteiger partial charge on any atom is -0.469 e. The zero-order valence-corrected chi connectivity index (χ0v) is 16.4. The predicted octanol–water partition coefficient (Wildman–Crippen LogP) is 4.55. The zero-order chi connectivity index (χ0) is 19.6. The fraction of sp³-hybridized carbons (Fsp3) is 0.273. The molecule has 2 heterocycles. The van der Waals surface area contributed by atoms with E-state index in [9.17, 15) is 4.79 Å². The van der Waals surface area contributed by atoms with E-state index in [2.05, 4.69) is 15.6 Å². The summed E-state index contributed by atoms with van der Waals surface area (Å²) in [5, 5.41) is 6.21. The van der Waals surface area contributed by atoms with Crippen molar-refractivity contribution in [2.75, 3.05) is 12.4 Å². The molecule has 5 heteroatoms. The third-order valence-electron chi connectivity index (χ3n) is 4.91. The minimum absolute atomic E-state index is 0.106. The van der Waals surface area contributed by atoms with E-state index in [0.29, 0.717) is 12.1 Å². The number of pyridine rings is 1. The van der Waals surface area contributed by atoms with Crippen LogP contribution in [0, 0.1) is 27.7 Å². The molecule has 1 amide bonds. The number of carbonyl (C=O) groups is 1. The van der Waals surface area contributed by atoms with E-state index >= 15 is 0 Å². The number of aryl methyl sites for hydroxylation is 3. The van der Waals surface area contributed by atoms with E-state index in [1.807, 2.05) is 65.2 Å². The number of furan rings is 1. The average Bonchev–Trinajstić information content (AvgIpc) is 2.98. The van der Waals surface area contributed by atoms with Crippen molar-refractivity contribution in [2.45, 2.75) is 34.2 Å². The van der Waals surface area contributed by atoms with Crippen LogP contribution in [0.2, 0.25) is 0 Å². The summed E-state index contributed by atoms with van der Waals surface area (Å²) in [6, 6.07) is 7.96. The highest BCUT2D eigenvalue weighted by Gasteiger charge is 2.16. The molecule has 3 aromatic rings. The molecule has 0 radical (unpaired) electrons. The summed E-state index contributed by atoms with van der Waals surface area (Å²) in [5.41, 5.74) is 7.45. The molecule has 2 aromatic heterocycles. The van der Waals surface area contributed by atoms with Gasteiger partial charge in [-0.3, -0.25) is 9.78 Å². The van der Waals surface area contributed by atoms with Crippen molar-refractivity contribution in [1.82, 2.24) is 10.3 Å². The largest absolute Gasteiger partial charge is 0.469 e. The number of nitrogens with one attached hydrogen (secondary N) is 2. The van der Waals surface area contributed by atoms with Gasteiger partial charge in [0, 0.05) is 47.9 Å². The number of rotatable bonds is 5. The highest BCUT2D eigenvalue weighted by atomic mass is 16.3. The number of nitrogens with zero attached hydrogens (tertiary/aromatic N) is 1. The first-order valence-electron chi connectivity index (χ1n) is 8.98. The standard InChI is InChI=1S/C22H25N3O2/c1-13-12-27-16(4)20(13)11-25-22(26)19-8-18(9-21(23-5)15(19)3)17-7-6-14(2)24-10-17/h6-10,12,23H,11H2,1-5H3,(H,25,26). The number of benzene rings is 1. The molecule has 3 rings (SSSR count). The van der Waals surface area contributed by atoms with E-state index in [0.717, 1.165) is 45.0 Å². The molecule has 5 nitrogen and oxygen atoms in total. The van der Waals surface area contributed by atoms with Gasteiger partial charge in [-0.15, -0.1) is 0 Å². The third-order valence-corrected chi connectivity index (χ3v) is 4.91. The first kappa shape index (κ1) is 18.7. The van der Waals surface area contributed by atoms with Gasteiger partial charge in [-0.1, -0.05) is 6.07 Å². The van der Waals surface area contributed by atoms with Crippen LogP contribution in [0.1, 0.15) is 38.5 Å². The van der Waals surface area contributed by atoms with E-state index in [4.69, 9.17) is 4.42 Å². The smallest absolute Gasteiger partial charge is 0.251 e. The summed E-state index contributed by atoms with van der Waals surface area (Å²) >= 11 is 0. The highest BCUT2D eigenvalue weighted by molar-refractivity contribution is 5.98. The van der Waals surface area contributed by atoms with Crippen LogP contribution < -0.4 is 10.6 Å². The summed E-state index contributed by atoms with van der Waals surface area (Å²) in [6.45, 7) is 8.23. The van der Waals surface area contributed by atoms with Crippen LogP contribution in [0.5, 0.6) is 0 Å². The Kier molecular flexibility index (Phi) is 5.31. The number of carbonyl (C=O) groups excluding carboxylic acids is 1. The molecule has 0 aliphatic rings. The number of amides is 1. The molecule has 0 bridgehead atoms. The Hall–Kier alpha value is -3.08. The summed E-state index contributed by atoms with van der Waals surface area (Å²) in [7, 11) is 1.86. The molecule has 2 N–H and O–H groups in total. The molecular weight excluding hydrogens is 338 g/mol. The fourth-order valence-electron chi connectivity index (χ4n) is 3.14. The maximum absolute atomic E-state index is 12.9. The van der Waals surface area contributed by atoms with Gasteiger partial charge in [-0.25, -0.2) is 0 Å². The average molecular weight is 363 g/mol. The summed E-state index contributed by atoms with van der Waals surface area (Å²) in [4.78, 5) is 17.3. The van der Waals surface area contributed by atoms with Crippen molar-refractivity contribution < 1.29 is 9.21 Å². The fourth-order valence-corrected chi connectivity index (χ4v) is 3.14. The van der Waals surface area contributed by atoms with Gasteiger partial charge in [0.15, 0.2) is 0 Å². The van der Waals surface area contributed by atoms with Gasteiger partial charge in [0.2, 0.25) is 0 Å². The molecule has 0 fully saturated rings. The lowest BCUT2D eigenvalue weighted by atomic mass is 9.98. The van der Waals surface area contributed by atoms with Crippen LogP contribution in [0.15, 0.2) is 41.1 Å². The topological polar surface area (TPSA) is 67.2 Å². The van der Waals surface area contributed by atoms with Gasteiger partial charge in [-0.2, -0.15) is 0 Å². The molecule has 1 aromatic carbocycles. The van der Waals surface area contributed by atoms with Gasteiger partial charge < -0.3 is 15.1 Å². The number of aromatic nitrogens is 1. The molecule has 0 saturated carbocycles. The molecule has 0 aliphatic heterocycles. The molecule has 140 valence electrons. The Morgan fingerprint density at radius 1 is 1.11 bits per heavy atom. The molecule has 0 aliphatic carbocycles. The number of anilines is 1. The second kappa shape index (κ2) is 7.66. The predicted molar refractivity (Wildman–Crippen MR) is 108 cm³/mol. The molecular formula is C22H25N3O2. The normalized spacial score (nSPS) is 10.7. The van der Waals surface area contributed by atoms with E-state index in [1.165, 1.54) is 0 Å². The van der Waals surface area contributed by atoms with Crippen molar-refractivity contribution in [3.05, 3.63) is 70.4 Å². The highest BCUT2D eigenvalue weighted by Crippen LogP contribution is 2.28. The van der Waals surface area contributed by atoms with Crippen molar-refractivity contribution in [3.8, 4) is 11.1 Å². The summed E-state index contributed by atoms with van der Waals surface area (Å²) < 4.78 is 5.41. The zero-order valence-electron chi connectivity index (χ0n) is 16.4. The quantitative estimate of drug-likeness (QED) is 0.698. The van der Waals surface area contributed by atoms with Crippen LogP contribution in [-0.2, 0) is 6.54 Å². The lowest BCUT2D eigenvalue weighted by Gasteiger charge is -2.15. The second-order valence-electron chi connectivity index (χ2n) is 6.77. The van der Waals surface area contributed by atoms with Gasteiger partial charge in [0.25, 0.3) is 5.91 Å². The van der Waals surface area contributed by atoms with E-state index in [1.54, 1.807) is 6.26 Å². The summed E-state index contributed by atoms with van der Waals surface area (Å²) in [6.07, 6.45) is 3.55. The van der Waals surface area contributed by atoms with Crippen LogP contribution >= 0.6 is 0 Å². The molecule has 0 saturated heterocycles. The van der Waals surface area contributed by atoms with E-state index in [-0.39, 0.29) is 5.91 Å². The minimum atomic E-state index is -0.106. The lowest BCUT2D eigenvalue weighted by Crippen LogP contribution is -2.24. The molecule has 27 heavy (non-hydrogen) atoms. The van der Waals surface area contributed by atoms with Crippen LogP contribution in [0.25, 0.3) is 11.1 Å². The SMILES string of the molecule is CNc1cc(-c2ccc(C)nc2)cc(C(=O)NCc2c(C)coc2C)c1C. The Morgan fingerprint density at radius 3 is 2.48 bits per heavy atom. The van der Waals surface area contributed by atoms with Crippen LogP contribution in [0.3, 0.4) is 0 Å².